The first-order valence-electron chi connectivity index (χ1n) is 8.57. The second kappa shape index (κ2) is 6.67. The van der Waals surface area contributed by atoms with E-state index in [9.17, 15) is 4.79 Å². The zero-order valence-electron chi connectivity index (χ0n) is 14.8. The highest BCUT2D eigenvalue weighted by Crippen LogP contribution is 2.34. The van der Waals surface area contributed by atoms with E-state index in [0.29, 0.717) is 5.92 Å². The number of rotatable bonds is 3. The standard InChI is InChI=1S/C19H25N3O2/c1-12(2)16-11-18(24-21-16)17-9-6-10-22(17)19(23)20-15-8-5-7-13(3)14(15)4/h5,7-8,11-12,17H,6,9-10H2,1-4H3,(H,20,23). The van der Waals surface area contributed by atoms with E-state index in [4.69, 9.17) is 4.52 Å². The molecule has 1 saturated heterocycles. The number of likely N-dealkylation sites (tertiary alicyclic amines) is 1. The number of hydrogen-bond acceptors (Lipinski definition) is 3. The van der Waals surface area contributed by atoms with Gasteiger partial charge in [0.05, 0.1) is 11.7 Å². The lowest BCUT2D eigenvalue weighted by atomic mass is 10.1. The van der Waals surface area contributed by atoms with Gasteiger partial charge in [0.25, 0.3) is 0 Å². The first-order chi connectivity index (χ1) is 11.5. The molecule has 24 heavy (non-hydrogen) atoms. The second-order valence-corrected chi connectivity index (χ2v) is 6.84. The van der Waals surface area contributed by atoms with Crippen LogP contribution in [0.3, 0.4) is 0 Å². The van der Waals surface area contributed by atoms with Gasteiger partial charge < -0.3 is 14.7 Å². The van der Waals surface area contributed by atoms with Gasteiger partial charge in [0, 0.05) is 18.3 Å². The van der Waals surface area contributed by atoms with Crippen LogP contribution < -0.4 is 5.32 Å². The third-order valence-corrected chi connectivity index (χ3v) is 4.83. The molecule has 1 unspecified atom stereocenters. The third kappa shape index (κ3) is 3.16. The van der Waals surface area contributed by atoms with Crippen LogP contribution in [0.5, 0.6) is 0 Å². The Morgan fingerprint density at radius 1 is 1.38 bits per heavy atom. The van der Waals surface area contributed by atoms with Crippen molar-refractivity contribution in [2.45, 2.75) is 52.5 Å². The fourth-order valence-electron chi connectivity index (χ4n) is 3.11. The normalized spacial score (nSPS) is 17.5. The SMILES string of the molecule is Cc1cccc(NC(=O)N2CCCC2c2cc(C(C)C)no2)c1C. The fraction of sp³-hybridized carbons (Fsp3) is 0.474. The van der Waals surface area contributed by atoms with Crippen molar-refractivity contribution in [3.63, 3.8) is 0 Å². The van der Waals surface area contributed by atoms with Crippen LogP contribution in [-0.4, -0.2) is 22.6 Å². The first-order valence-corrected chi connectivity index (χ1v) is 8.57. The van der Waals surface area contributed by atoms with E-state index < -0.39 is 0 Å². The van der Waals surface area contributed by atoms with Crippen molar-refractivity contribution in [2.75, 3.05) is 11.9 Å². The van der Waals surface area contributed by atoms with Crippen LogP contribution >= 0.6 is 0 Å². The Morgan fingerprint density at radius 2 is 2.17 bits per heavy atom. The Morgan fingerprint density at radius 3 is 2.88 bits per heavy atom. The van der Waals surface area contributed by atoms with Crippen LogP contribution in [0.25, 0.3) is 0 Å². The summed E-state index contributed by atoms with van der Waals surface area (Å²) in [7, 11) is 0. The summed E-state index contributed by atoms with van der Waals surface area (Å²) in [5, 5.41) is 7.18. The molecule has 2 amide bonds. The average Bonchev–Trinajstić information content (AvgIpc) is 3.19. The highest BCUT2D eigenvalue weighted by molar-refractivity contribution is 5.90. The molecular formula is C19H25N3O2. The molecule has 2 heterocycles. The minimum absolute atomic E-state index is 0.0323. The molecule has 0 spiro atoms. The molecule has 2 aromatic rings. The van der Waals surface area contributed by atoms with Crippen molar-refractivity contribution in [1.29, 1.82) is 0 Å². The number of urea groups is 1. The number of carbonyl (C=O) groups is 1. The van der Waals surface area contributed by atoms with E-state index >= 15 is 0 Å². The van der Waals surface area contributed by atoms with E-state index in [1.54, 1.807) is 0 Å². The number of nitrogens with zero attached hydrogens (tertiary/aromatic N) is 2. The lowest BCUT2D eigenvalue weighted by Crippen LogP contribution is -2.34. The number of carbonyl (C=O) groups excluding carboxylic acids is 1. The summed E-state index contributed by atoms with van der Waals surface area (Å²) in [4.78, 5) is 14.6. The van der Waals surface area contributed by atoms with Crippen molar-refractivity contribution >= 4 is 11.7 Å². The maximum atomic E-state index is 12.8. The monoisotopic (exact) mass is 327 g/mol. The predicted octanol–water partition coefficient (Wildman–Crippen LogP) is 4.78. The van der Waals surface area contributed by atoms with Gasteiger partial charge in [-0.2, -0.15) is 0 Å². The van der Waals surface area contributed by atoms with Crippen molar-refractivity contribution in [3.05, 3.63) is 46.8 Å². The minimum atomic E-state index is -0.0753. The highest BCUT2D eigenvalue weighted by Gasteiger charge is 2.33. The average molecular weight is 327 g/mol. The summed E-state index contributed by atoms with van der Waals surface area (Å²) in [6, 6.07) is 7.83. The Labute approximate surface area is 143 Å². The van der Waals surface area contributed by atoms with E-state index in [1.807, 2.05) is 43.0 Å². The number of nitrogens with one attached hydrogen (secondary N) is 1. The number of aromatic nitrogens is 1. The molecule has 1 aromatic heterocycles. The Kier molecular flexibility index (Phi) is 4.60. The lowest BCUT2D eigenvalue weighted by Gasteiger charge is -2.23. The lowest BCUT2D eigenvalue weighted by molar-refractivity contribution is 0.195. The topological polar surface area (TPSA) is 58.4 Å². The number of hydrogen-bond donors (Lipinski definition) is 1. The predicted molar refractivity (Wildman–Crippen MR) is 94.2 cm³/mol. The Balaban J connectivity index is 1.77. The van der Waals surface area contributed by atoms with Crippen LogP contribution in [-0.2, 0) is 0 Å². The molecule has 1 atom stereocenters. The van der Waals surface area contributed by atoms with E-state index in [-0.39, 0.29) is 12.1 Å². The fourth-order valence-corrected chi connectivity index (χ4v) is 3.11. The van der Waals surface area contributed by atoms with Gasteiger partial charge >= 0.3 is 6.03 Å². The number of aryl methyl sites for hydroxylation is 1. The van der Waals surface area contributed by atoms with E-state index in [1.165, 1.54) is 5.56 Å². The minimum Gasteiger partial charge on any atom is -0.359 e. The molecule has 0 bridgehead atoms. The summed E-state index contributed by atoms with van der Waals surface area (Å²) >= 11 is 0. The zero-order valence-corrected chi connectivity index (χ0v) is 14.8. The van der Waals surface area contributed by atoms with Crippen LogP contribution in [0.4, 0.5) is 10.5 Å². The molecule has 128 valence electrons. The molecule has 0 saturated carbocycles. The maximum Gasteiger partial charge on any atom is 0.322 e. The molecule has 1 aliphatic rings. The molecule has 0 aliphatic carbocycles. The van der Waals surface area contributed by atoms with Crippen molar-refractivity contribution in [3.8, 4) is 0 Å². The summed E-state index contributed by atoms with van der Waals surface area (Å²) in [6.45, 7) is 8.98. The molecule has 5 heteroatoms. The van der Waals surface area contributed by atoms with Crippen LogP contribution in [0.1, 0.15) is 61.2 Å². The van der Waals surface area contributed by atoms with Gasteiger partial charge in [0.1, 0.15) is 0 Å². The Hall–Kier alpha value is -2.30. The van der Waals surface area contributed by atoms with Gasteiger partial charge in [0.2, 0.25) is 0 Å². The van der Waals surface area contributed by atoms with Crippen LogP contribution in [0, 0.1) is 13.8 Å². The summed E-state index contributed by atoms with van der Waals surface area (Å²) in [5.41, 5.74) is 4.07. The molecule has 1 N–H and O–H groups in total. The van der Waals surface area contributed by atoms with E-state index in [0.717, 1.165) is 42.1 Å². The largest absolute Gasteiger partial charge is 0.359 e. The number of benzene rings is 1. The van der Waals surface area contributed by atoms with Gasteiger partial charge in [-0.25, -0.2) is 4.79 Å². The van der Waals surface area contributed by atoms with Crippen molar-refractivity contribution in [1.82, 2.24) is 10.1 Å². The quantitative estimate of drug-likeness (QED) is 0.882. The van der Waals surface area contributed by atoms with Crippen LogP contribution in [0.2, 0.25) is 0 Å². The maximum absolute atomic E-state index is 12.8. The Bertz CT molecular complexity index is 736. The van der Waals surface area contributed by atoms with Gasteiger partial charge in [-0.05, 0) is 49.8 Å². The zero-order chi connectivity index (χ0) is 17.3. The summed E-state index contributed by atoms with van der Waals surface area (Å²) in [5.74, 6) is 1.11. The van der Waals surface area contributed by atoms with E-state index in [2.05, 4.69) is 24.3 Å². The smallest absolute Gasteiger partial charge is 0.322 e. The van der Waals surface area contributed by atoms with Gasteiger partial charge in [-0.3, -0.25) is 0 Å². The van der Waals surface area contributed by atoms with Crippen molar-refractivity contribution in [2.24, 2.45) is 0 Å². The number of anilines is 1. The first kappa shape index (κ1) is 16.6. The second-order valence-electron chi connectivity index (χ2n) is 6.84. The molecule has 0 radical (unpaired) electrons. The summed E-state index contributed by atoms with van der Waals surface area (Å²) < 4.78 is 5.51. The number of amides is 2. The van der Waals surface area contributed by atoms with Crippen molar-refractivity contribution < 1.29 is 9.32 Å². The molecule has 5 nitrogen and oxygen atoms in total. The molecular weight excluding hydrogens is 302 g/mol. The third-order valence-electron chi connectivity index (χ3n) is 4.83. The molecule has 1 fully saturated rings. The highest BCUT2D eigenvalue weighted by atomic mass is 16.5. The van der Waals surface area contributed by atoms with Crippen LogP contribution in [0.15, 0.2) is 28.8 Å². The van der Waals surface area contributed by atoms with Gasteiger partial charge in [-0.1, -0.05) is 31.1 Å². The van der Waals surface area contributed by atoms with Gasteiger partial charge in [0.15, 0.2) is 5.76 Å². The van der Waals surface area contributed by atoms with Gasteiger partial charge in [-0.15, -0.1) is 0 Å². The molecule has 1 aliphatic heterocycles. The summed E-state index contributed by atoms with van der Waals surface area (Å²) in [6.07, 6.45) is 1.88. The molecule has 3 rings (SSSR count). The molecule has 1 aromatic carbocycles.